The van der Waals surface area contributed by atoms with Gasteiger partial charge in [-0.3, -0.25) is 0 Å². The van der Waals surface area contributed by atoms with Crippen molar-refractivity contribution in [2.24, 2.45) is 0 Å². The normalized spacial score (nSPS) is 33.4. The zero-order valence-corrected chi connectivity index (χ0v) is 11.0. The second-order valence-electron chi connectivity index (χ2n) is 6.38. The van der Waals surface area contributed by atoms with E-state index in [0.717, 1.165) is 25.8 Å². The smallest absolute Gasteiger partial charge is 0.410 e. The molecule has 0 aromatic heterocycles. The Bertz CT molecular complexity index is 297. The summed E-state index contributed by atoms with van der Waals surface area (Å²) in [4.78, 5) is 14.0. The van der Waals surface area contributed by atoms with Gasteiger partial charge < -0.3 is 14.7 Å². The molecule has 0 radical (unpaired) electrons. The molecule has 1 heterocycles. The standard InChI is InChI=1S/C13H23NO3/c1-12(2,3)17-11(16)14-7-5-4-6-13(14)8-10(15)9-13/h10,15H,4-9H2,1-3H3. The summed E-state index contributed by atoms with van der Waals surface area (Å²) in [6.45, 7) is 6.42. The molecule has 2 aliphatic rings. The molecule has 1 aliphatic heterocycles. The van der Waals surface area contributed by atoms with Gasteiger partial charge in [0.25, 0.3) is 0 Å². The van der Waals surface area contributed by atoms with Gasteiger partial charge in [0.1, 0.15) is 5.60 Å². The number of aliphatic hydroxyl groups is 1. The molecule has 2 fully saturated rings. The molecule has 0 atom stereocenters. The van der Waals surface area contributed by atoms with Crippen molar-refractivity contribution >= 4 is 6.09 Å². The summed E-state index contributed by atoms with van der Waals surface area (Å²) >= 11 is 0. The fourth-order valence-corrected chi connectivity index (χ4v) is 2.94. The van der Waals surface area contributed by atoms with Crippen LogP contribution in [-0.4, -0.2) is 39.9 Å². The van der Waals surface area contributed by atoms with Gasteiger partial charge in [0.15, 0.2) is 0 Å². The topological polar surface area (TPSA) is 49.8 Å². The van der Waals surface area contributed by atoms with Crippen molar-refractivity contribution in [2.45, 2.75) is 70.1 Å². The summed E-state index contributed by atoms with van der Waals surface area (Å²) in [6, 6.07) is 0. The molecule has 0 bridgehead atoms. The highest BCUT2D eigenvalue weighted by molar-refractivity contribution is 5.69. The maximum atomic E-state index is 12.2. The third-order valence-corrected chi connectivity index (χ3v) is 3.69. The van der Waals surface area contributed by atoms with Gasteiger partial charge in [-0.1, -0.05) is 0 Å². The lowest BCUT2D eigenvalue weighted by atomic mass is 9.68. The number of aliphatic hydroxyl groups excluding tert-OH is 1. The van der Waals surface area contributed by atoms with Crippen LogP contribution in [0.1, 0.15) is 52.9 Å². The average Bonchev–Trinajstić information content (AvgIpc) is 2.13. The highest BCUT2D eigenvalue weighted by Gasteiger charge is 2.51. The molecule has 4 nitrogen and oxygen atoms in total. The first-order valence-corrected chi connectivity index (χ1v) is 6.51. The Labute approximate surface area is 103 Å². The van der Waals surface area contributed by atoms with Crippen LogP contribution < -0.4 is 0 Å². The van der Waals surface area contributed by atoms with E-state index < -0.39 is 5.60 Å². The summed E-state index contributed by atoms with van der Waals surface area (Å²) in [7, 11) is 0. The number of hydrogen-bond donors (Lipinski definition) is 1. The van der Waals surface area contributed by atoms with E-state index in [-0.39, 0.29) is 17.7 Å². The molecule has 1 saturated carbocycles. The summed E-state index contributed by atoms with van der Waals surface area (Å²) in [6.07, 6.45) is 4.16. The minimum Gasteiger partial charge on any atom is -0.444 e. The molecular formula is C13H23NO3. The van der Waals surface area contributed by atoms with Crippen LogP contribution in [0.4, 0.5) is 4.79 Å². The minimum absolute atomic E-state index is 0.111. The van der Waals surface area contributed by atoms with Gasteiger partial charge in [0.2, 0.25) is 0 Å². The van der Waals surface area contributed by atoms with E-state index in [4.69, 9.17) is 4.74 Å². The Balaban J connectivity index is 2.04. The van der Waals surface area contributed by atoms with Crippen molar-refractivity contribution in [1.29, 1.82) is 0 Å². The Morgan fingerprint density at radius 1 is 1.35 bits per heavy atom. The van der Waals surface area contributed by atoms with Crippen LogP contribution in [0.15, 0.2) is 0 Å². The number of amides is 1. The Morgan fingerprint density at radius 2 is 2.00 bits per heavy atom. The lowest BCUT2D eigenvalue weighted by Crippen LogP contribution is -2.63. The van der Waals surface area contributed by atoms with Crippen molar-refractivity contribution in [2.75, 3.05) is 6.54 Å². The van der Waals surface area contributed by atoms with Crippen LogP contribution in [-0.2, 0) is 4.74 Å². The fourth-order valence-electron chi connectivity index (χ4n) is 2.94. The number of ether oxygens (including phenoxy) is 1. The quantitative estimate of drug-likeness (QED) is 0.708. The first-order chi connectivity index (χ1) is 7.82. The van der Waals surface area contributed by atoms with E-state index in [1.165, 1.54) is 0 Å². The van der Waals surface area contributed by atoms with Gasteiger partial charge in [-0.25, -0.2) is 4.79 Å². The highest BCUT2D eigenvalue weighted by atomic mass is 16.6. The summed E-state index contributed by atoms with van der Waals surface area (Å²) in [5.74, 6) is 0. The fraction of sp³-hybridized carbons (Fsp3) is 0.923. The van der Waals surface area contributed by atoms with E-state index in [2.05, 4.69) is 0 Å². The zero-order chi connectivity index (χ0) is 12.7. The van der Waals surface area contributed by atoms with Gasteiger partial charge in [0, 0.05) is 6.54 Å². The molecule has 1 saturated heterocycles. The maximum Gasteiger partial charge on any atom is 0.410 e. The average molecular weight is 241 g/mol. The van der Waals surface area contributed by atoms with E-state index in [1.54, 1.807) is 0 Å². The lowest BCUT2D eigenvalue weighted by Gasteiger charge is -2.54. The number of carbonyl (C=O) groups is 1. The molecule has 1 aliphatic carbocycles. The molecule has 1 spiro atoms. The Hall–Kier alpha value is -0.770. The number of nitrogens with zero attached hydrogens (tertiary/aromatic N) is 1. The molecule has 98 valence electrons. The molecule has 0 unspecified atom stereocenters. The predicted molar refractivity (Wildman–Crippen MR) is 64.8 cm³/mol. The van der Waals surface area contributed by atoms with Gasteiger partial charge in [-0.15, -0.1) is 0 Å². The van der Waals surface area contributed by atoms with Crippen molar-refractivity contribution in [3.63, 3.8) is 0 Å². The monoisotopic (exact) mass is 241 g/mol. The van der Waals surface area contributed by atoms with Gasteiger partial charge >= 0.3 is 6.09 Å². The second-order valence-corrected chi connectivity index (χ2v) is 6.38. The van der Waals surface area contributed by atoms with E-state index in [9.17, 15) is 9.90 Å². The first kappa shape index (κ1) is 12.7. The zero-order valence-electron chi connectivity index (χ0n) is 11.0. The molecule has 0 aromatic carbocycles. The van der Waals surface area contributed by atoms with Gasteiger partial charge in [-0.2, -0.15) is 0 Å². The summed E-state index contributed by atoms with van der Waals surface area (Å²) in [5, 5.41) is 9.52. The van der Waals surface area contributed by atoms with E-state index in [0.29, 0.717) is 12.8 Å². The lowest BCUT2D eigenvalue weighted by molar-refractivity contribution is -0.0940. The molecule has 1 N–H and O–H groups in total. The Kier molecular flexibility index (Phi) is 3.10. The SMILES string of the molecule is CC(C)(C)OC(=O)N1CCCCC12CC(O)C2. The van der Waals surface area contributed by atoms with Crippen LogP contribution in [0.25, 0.3) is 0 Å². The number of carbonyl (C=O) groups excluding carboxylic acids is 1. The van der Waals surface area contributed by atoms with Crippen LogP contribution in [0, 0.1) is 0 Å². The maximum absolute atomic E-state index is 12.2. The molecule has 2 rings (SSSR count). The minimum atomic E-state index is -0.446. The predicted octanol–water partition coefficient (Wildman–Crippen LogP) is 2.30. The van der Waals surface area contributed by atoms with Crippen molar-refractivity contribution in [1.82, 2.24) is 4.90 Å². The van der Waals surface area contributed by atoms with Crippen LogP contribution in [0.5, 0.6) is 0 Å². The number of hydrogen-bond acceptors (Lipinski definition) is 3. The van der Waals surface area contributed by atoms with Crippen molar-refractivity contribution in [3.8, 4) is 0 Å². The molecule has 17 heavy (non-hydrogen) atoms. The van der Waals surface area contributed by atoms with E-state index >= 15 is 0 Å². The number of rotatable bonds is 0. The van der Waals surface area contributed by atoms with Crippen LogP contribution >= 0.6 is 0 Å². The largest absolute Gasteiger partial charge is 0.444 e. The van der Waals surface area contributed by atoms with Crippen LogP contribution in [0.2, 0.25) is 0 Å². The van der Waals surface area contributed by atoms with Crippen molar-refractivity contribution in [3.05, 3.63) is 0 Å². The van der Waals surface area contributed by atoms with Crippen LogP contribution in [0.3, 0.4) is 0 Å². The molecular weight excluding hydrogens is 218 g/mol. The second kappa shape index (κ2) is 4.16. The summed E-state index contributed by atoms with van der Waals surface area (Å²) in [5.41, 5.74) is -0.557. The van der Waals surface area contributed by atoms with Gasteiger partial charge in [0.05, 0.1) is 11.6 Å². The highest BCUT2D eigenvalue weighted by Crippen LogP contribution is 2.45. The molecule has 0 aromatic rings. The number of piperidine rings is 1. The first-order valence-electron chi connectivity index (χ1n) is 6.51. The van der Waals surface area contributed by atoms with Gasteiger partial charge in [-0.05, 0) is 52.9 Å². The third-order valence-electron chi connectivity index (χ3n) is 3.69. The third kappa shape index (κ3) is 2.57. The molecule has 4 heteroatoms. The van der Waals surface area contributed by atoms with E-state index in [1.807, 2.05) is 25.7 Å². The molecule has 1 amide bonds. The van der Waals surface area contributed by atoms with Crippen molar-refractivity contribution < 1.29 is 14.6 Å². The number of likely N-dealkylation sites (tertiary alicyclic amines) is 1. The summed E-state index contributed by atoms with van der Waals surface area (Å²) < 4.78 is 5.45. The Morgan fingerprint density at radius 3 is 2.53 bits per heavy atom.